The number of morpholine rings is 1. The first-order valence-corrected chi connectivity index (χ1v) is 5.13. The molecule has 0 aliphatic carbocycles. The Bertz CT molecular complexity index is 455. The van der Waals surface area contributed by atoms with Gasteiger partial charge in [-0.1, -0.05) is 0 Å². The number of nitriles is 1. The maximum absolute atomic E-state index is 12.7. The standard InChI is InChI=1S/C11H10FN3O2/c12-8-1-2-10(14-6-8)11(16)15-3-4-17-9(5-13)7-15/h1-2,6,9H,3-4,7H2. The summed E-state index contributed by atoms with van der Waals surface area (Å²) >= 11 is 0. The fraction of sp³-hybridized carbons (Fsp3) is 0.364. The molecule has 0 N–H and O–H groups in total. The van der Waals surface area contributed by atoms with Crippen LogP contribution in [0, 0.1) is 17.1 Å². The Labute approximate surface area is 97.4 Å². The molecule has 0 saturated carbocycles. The fourth-order valence-electron chi connectivity index (χ4n) is 1.58. The van der Waals surface area contributed by atoms with Crippen LogP contribution in [0.1, 0.15) is 10.5 Å². The average molecular weight is 235 g/mol. The molecule has 0 aromatic carbocycles. The lowest BCUT2D eigenvalue weighted by Crippen LogP contribution is -2.45. The van der Waals surface area contributed by atoms with Crippen LogP contribution < -0.4 is 0 Å². The number of ether oxygens (including phenoxy) is 1. The molecule has 17 heavy (non-hydrogen) atoms. The zero-order valence-electron chi connectivity index (χ0n) is 8.97. The van der Waals surface area contributed by atoms with Gasteiger partial charge >= 0.3 is 0 Å². The minimum atomic E-state index is -0.604. The molecule has 0 bridgehead atoms. The van der Waals surface area contributed by atoms with E-state index < -0.39 is 11.9 Å². The van der Waals surface area contributed by atoms with E-state index in [1.54, 1.807) is 0 Å². The molecule has 1 atom stereocenters. The molecule has 2 heterocycles. The molecule has 1 amide bonds. The van der Waals surface area contributed by atoms with Crippen molar-refractivity contribution in [3.8, 4) is 6.07 Å². The van der Waals surface area contributed by atoms with Crippen LogP contribution in [-0.4, -0.2) is 41.6 Å². The summed E-state index contributed by atoms with van der Waals surface area (Å²) in [6.07, 6.45) is 0.392. The smallest absolute Gasteiger partial charge is 0.272 e. The molecule has 0 spiro atoms. The van der Waals surface area contributed by atoms with E-state index >= 15 is 0 Å². The van der Waals surface area contributed by atoms with Crippen LogP contribution in [-0.2, 0) is 4.74 Å². The van der Waals surface area contributed by atoms with E-state index in [2.05, 4.69) is 4.98 Å². The van der Waals surface area contributed by atoms with Crippen molar-refractivity contribution in [3.05, 3.63) is 29.8 Å². The van der Waals surface area contributed by atoms with E-state index in [0.29, 0.717) is 13.2 Å². The highest BCUT2D eigenvalue weighted by molar-refractivity contribution is 5.92. The maximum Gasteiger partial charge on any atom is 0.272 e. The van der Waals surface area contributed by atoms with E-state index in [9.17, 15) is 9.18 Å². The molecule has 5 nitrogen and oxygen atoms in total. The first-order chi connectivity index (χ1) is 8.20. The van der Waals surface area contributed by atoms with Gasteiger partial charge in [0.2, 0.25) is 0 Å². The summed E-state index contributed by atoms with van der Waals surface area (Å²) in [5, 5.41) is 8.72. The number of carbonyl (C=O) groups is 1. The number of nitrogens with zero attached hydrogens (tertiary/aromatic N) is 3. The summed E-state index contributed by atoms with van der Waals surface area (Å²) in [5.41, 5.74) is 0.171. The summed E-state index contributed by atoms with van der Waals surface area (Å²) in [7, 11) is 0. The number of hydrogen-bond acceptors (Lipinski definition) is 4. The van der Waals surface area contributed by atoms with Crippen LogP contribution in [0.2, 0.25) is 0 Å². The quantitative estimate of drug-likeness (QED) is 0.714. The molecule has 1 aromatic heterocycles. The van der Waals surface area contributed by atoms with Crippen molar-refractivity contribution in [1.82, 2.24) is 9.88 Å². The highest BCUT2D eigenvalue weighted by atomic mass is 19.1. The molecule has 1 saturated heterocycles. The molecule has 6 heteroatoms. The number of hydrogen-bond donors (Lipinski definition) is 0. The number of halogens is 1. The van der Waals surface area contributed by atoms with Crippen LogP contribution in [0.3, 0.4) is 0 Å². The van der Waals surface area contributed by atoms with Gasteiger partial charge in [0.15, 0.2) is 6.10 Å². The van der Waals surface area contributed by atoms with Gasteiger partial charge in [0.05, 0.1) is 25.4 Å². The molecule has 1 aliphatic rings. The first-order valence-electron chi connectivity index (χ1n) is 5.13. The van der Waals surface area contributed by atoms with Gasteiger partial charge in [-0.25, -0.2) is 9.37 Å². The molecular formula is C11H10FN3O2. The minimum absolute atomic E-state index is 0.171. The van der Waals surface area contributed by atoms with Gasteiger partial charge in [-0.15, -0.1) is 0 Å². The monoisotopic (exact) mass is 235 g/mol. The van der Waals surface area contributed by atoms with Crippen LogP contribution in [0.15, 0.2) is 18.3 Å². The maximum atomic E-state index is 12.7. The number of pyridine rings is 1. The van der Waals surface area contributed by atoms with Gasteiger partial charge in [-0.3, -0.25) is 4.79 Å². The SMILES string of the molecule is N#CC1CN(C(=O)c2ccc(F)cn2)CCO1. The average Bonchev–Trinajstić information content (AvgIpc) is 2.39. The lowest BCUT2D eigenvalue weighted by Gasteiger charge is -2.29. The number of carbonyl (C=O) groups excluding carboxylic acids is 1. The van der Waals surface area contributed by atoms with E-state index in [1.807, 2.05) is 6.07 Å². The van der Waals surface area contributed by atoms with Crippen molar-refractivity contribution in [2.75, 3.05) is 19.7 Å². The van der Waals surface area contributed by atoms with Crippen LogP contribution in [0.25, 0.3) is 0 Å². The Hall–Kier alpha value is -2.00. The van der Waals surface area contributed by atoms with E-state index in [1.165, 1.54) is 17.0 Å². The molecule has 1 unspecified atom stereocenters. The summed E-state index contributed by atoms with van der Waals surface area (Å²) in [6.45, 7) is 0.954. The van der Waals surface area contributed by atoms with Crippen molar-refractivity contribution >= 4 is 5.91 Å². The van der Waals surface area contributed by atoms with E-state index in [-0.39, 0.29) is 18.1 Å². The molecule has 88 valence electrons. The summed E-state index contributed by atoms with van der Waals surface area (Å²) in [5.74, 6) is -0.799. The fourth-order valence-corrected chi connectivity index (χ4v) is 1.58. The first kappa shape index (κ1) is 11.5. The van der Waals surface area contributed by atoms with Gasteiger partial charge in [-0.2, -0.15) is 5.26 Å². The highest BCUT2D eigenvalue weighted by Crippen LogP contribution is 2.09. The lowest BCUT2D eigenvalue weighted by atomic mass is 10.2. The second-order valence-corrected chi connectivity index (χ2v) is 3.60. The molecule has 0 radical (unpaired) electrons. The summed E-state index contributed by atoms with van der Waals surface area (Å²) in [6, 6.07) is 4.46. The van der Waals surface area contributed by atoms with Gasteiger partial charge in [0.25, 0.3) is 5.91 Å². The van der Waals surface area contributed by atoms with Crippen molar-refractivity contribution in [2.24, 2.45) is 0 Å². The van der Waals surface area contributed by atoms with Crippen molar-refractivity contribution in [2.45, 2.75) is 6.10 Å². The Morgan fingerprint density at radius 1 is 1.65 bits per heavy atom. The largest absolute Gasteiger partial charge is 0.360 e. The second kappa shape index (κ2) is 4.89. The number of aromatic nitrogens is 1. The van der Waals surface area contributed by atoms with Gasteiger partial charge in [0.1, 0.15) is 11.5 Å². The molecular weight excluding hydrogens is 225 g/mol. The Balaban J connectivity index is 2.09. The van der Waals surface area contributed by atoms with Crippen molar-refractivity contribution in [1.29, 1.82) is 5.26 Å². The number of amides is 1. The topological polar surface area (TPSA) is 66.2 Å². The predicted octanol–water partition coefficient (Wildman–Crippen LogP) is 0.585. The van der Waals surface area contributed by atoms with E-state index in [4.69, 9.17) is 10.00 Å². The van der Waals surface area contributed by atoms with Crippen LogP contribution >= 0.6 is 0 Å². The molecule has 1 aromatic rings. The Morgan fingerprint density at radius 3 is 3.12 bits per heavy atom. The minimum Gasteiger partial charge on any atom is -0.360 e. The summed E-state index contributed by atoms with van der Waals surface area (Å²) < 4.78 is 17.8. The van der Waals surface area contributed by atoms with Crippen LogP contribution in [0.4, 0.5) is 4.39 Å². The zero-order chi connectivity index (χ0) is 12.3. The number of rotatable bonds is 1. The third-order valence-electron chi connectivity index (χ3n) is 2.44. The van der Waals surface area contributed by atoms with E-state index in [0.717, 1.165) is 6.20 Å². The highest BCUT2D eigenvalue weighted by Gasteiger charge is 2.25. The molecule has 2 rings (SSSR count). The predicted molar refractivity (Wildman–Crippen MR) is 55.5 cm³/mol. The van der Waals surface area contributed by atoms with Gasteiger partial charge in [0, 0.05) is 6.54 Å². The third kappa shape index (κ3) is 2.57. The third-order valence-corrected chi connectivity index (χ3v) is 2.44. The lowest BCUT2D eigenvalue weighted by molar-refractivity contribution is 0.00319. The normalized spacial score (nSPS) is 19.8. The summed E-state index contributed by atoms with van der Waals surface area (Å²) in [4.78, 5) is 17.1. The zero-order valence-corrected chi connectivity index (χ0v) is 8.97. The second-order valence-electron chi connectivity index (χ2n) is 3.60. The van der Waals surface area contributed by atoms with Crippen LogP contribution in [0.5, 0.6) is 0 Å². The van der Waals surface area contributed by atoms with Crippen molar-refractivity contribution < 1.29 is 13.9 Å². The van der Waals surface area contributed by atoms with Gasteiger partial charge < -0.3 is 9.64 Å². The molecule has 1 fully saturated rings. The Kier molecular flexibility index (Phi) is 3.30. The molecule has 1 aliphatic heterocycles. The van der Waals surface area contributed by atoms with Crippen molar-refractivity contribution in [3.63, 3.8) is 0 Å². The Morgan fingerprint density at radius 2 is 2.47 bits per heavy atom. The van der Waals surface area contributed by atoms with Gasteiger partial charge in [-0.05, 0) is 12.1 Å².